The van der Waals surface area contributed by atoms with Crippen molar-refractivity contribution in [2.45, 2.75) is 16.7 Å². The maximum atomic E-state index is 12.6. The van der Waals surface area contributed by atoms with Crippen LogP contribution in [-0.2, 0) is 15.5 Å². The Bertz CT molecular complexity index is 887. The Morgan fingerprint density at radius 2 is 1.87 bits per heavy atom. The number of aromatic amines is 1. The number of methoxy groups -OCH3 is 1. The summed E-state index contributed by atoms with van der Waals surface area (Å²) in [7, 11) is 0.00460. The summed E-state index contributed by atoms with van der Waals surface area (Å²) >= 11 is 0. The van der Waals surface area contributed by atoms with E-state index in [0.717, 1.165) is 10.5 Å². The van der Waals surface area contributed by atoms with Gasteiger partial charge in [-0.1, -0.05) is 17.7 Å². The van der Waals surface area contributed by atoms with E-state index in [2.05, 4.69) is 20.0 Å². The molecule has 3 rings (SSSR count). The molecule has 23 heavy (non-hydrogen) atoms. The quantitative estimate of drug-likeness (QED) is 0.773. The molecule has 0 aliphatic rings. The fourth-order valence-corrected chi connectivity index (χ4v) is 3.18. The number of hydrogen-bond donors (Lipinski definition) is 2. The van der Waals surface area contributed by atoms with Gasteiger partial charge in [0.05, 0.1) is 28.9 Å². The molecular weight excluding hydrogens is 314 g/mol. The number of ether oxygens (including phenoxy) is 1. The smallest absolute Gasteiger partial charge is 0.413 e. The molecule has 0 spiro atoms. The Morgan fingerprint density at radius 3 is 2.57 bits per heavy atom. The van der Waals surface area contributed by atoms with E-state index in [4.69, 9.17) is 0 Å². The standard InChI is InChI=1S/C16H15N3O3S/c1-10-3-5-11(6-4-10)23(21)12-7-8-13-14(9-12)18-15(17-13)19-16(20)22-2/h3-9H,1-2H3,(H2,17,18,19,20). The molecule has 1 amide bonds. The third-order valence-corrected chi connectivity index (χ3v) is 4.69. The molecule has 0 aliphatic heterocycles. The topological polar surface area (TPSA) is 84.1 Å². The van der Waals surface area contributed by atoms with E-state index in [1.165, 1.54) is 7.11 Å². The number of H-pyrrole nitrogens is 1. The van der Waals surface area contributed by atoms with Gasteiger partial charge in [0, 0.05) is 9.79 Å². The molecule has 1 unspecified atom stereocenters. The Labute approximate surface area is 135 Å². The summed E-state index contributed by atoms with van der Waals surface area (Å²) in [4.78, 5) is 19.8. The predicted octanol–water partition coefficient (Wildman–Crippen LogP) is 3.22. The zero-order valence-electron chi connectivity index (χ0n) is 12.6. The van der Waals surface area contributed by atoms with Gasteiger partial charge in [-0.2, -0.15) is 0 Å². The van der Waals surface area contributed by atoms with Crippen LogP contribution in [0.4, 0.5) is 10.7 Å². The van der Waals surface area contributed by atoms with Gasteiger partial charge in [0.1, 0.15) is 0 Å². The number of amides is 1. The van der Waals surface area contributed by atoms with Gasteiger partial charge in [-0.15, -0.1) is 0 Å². The van der Waals surface area contributed by atoms with E-state index in [0.29, 0.717) is 15.9 Å². The fourth-order valence-electron chi connectivity index (χ4n) is 2.11. The van der Waals surface area contributed by atoms with Crippen molar-refractivity contribution in [2.75, 3.05) is 12.4 Å². The van der Waals surface area contributed by atoms with Gasteiger partial charge in [0.2, 0.25) is 5.95 Å². The summed E-state index contributed by atoms with van der Waals surface area (Å²) in [6.07, 6.45) is -0.604. The van der Waals surface area contributed by atoms with Crippen molar-refractivity contribution >= 4 is 33.9 Å². The van der Waals surface area contributed by atoms with Gasteiger partial charge >= 0.3 is 6.09 Å². The largest absolute Gasteiger partial charge is 0.453 e. The first-order chi connectivity index (χ1) is 11.1. The Kier molecular flexibility index (Phi) is 4.12. The number of nitrogens with one attached hydrogen (secondary N) is 2. The molecule has 0 aliphatic carbocycles. The first kappa shape index (κ1) is 15.2. The van der Waals surface area contributed by atoms with E-state index >= 15 is 0 Å². The minimum Gasteiger partial charge on any atom is -0.453 e. The zero-order valence-corrected chi connectivity index (χ0v) is 13.4. The van der Waals surface area contributed by atoms with Gasteiger partial charge in [-0.25, -0.2) is 14.0 Å². The van der Waals surface area contributed by atoms with E-state index in [-0.39, 0.29) is 5.95 Å². The van der Waals surface area contributed by atoms with Gasteiger partial charge in [-0.3, -0.25) is 5.32 Å². The number of imidazole rings is 1. The molecule has 6 nitrogen and oxygen atoms in total. The number of rotatable bonds is 3. The molecule has 2 aromatic carbocycles. The lowest BCUT2D eigenvalue weighted by atomic mass is 10.2. The number of hydrogen-bond acceptors (Lipinski definition) is 4. The van der Waals surface area contributed by atoms with Crippen LogP contribution in [0, 0.1) is 6.92 Å². The normalized spacial score (nSPS) is 12.1. The summed E-state index contributed by atoms with van der Waals surface area (Å²) < 4.78 is 17.1. The summed E-state index contributed by atoms with van der Waals surface area (Å²) in [6, 6.07) is 12.9. The maximum Gasteiger partial charge on any atom is 0.413 e. The van der Waals surface area contributed by atoms with Crippen molar-refractivity contribution in [1.29, 1.82) is 0 Å². The summed E-state index contributed by atoms with van der Waals surface area (Å²) in [5.41, 5.74) is 2.48. The Morgan fingerprint density at radius 1 is 1.17 bits per heavy atom. The third-order valence-electron chi connectivity index (χ3n) is 3.31. The van der Waals surface area contributed by atoms with Gasteiger partial charge in [0.15, 0.2) is 0 Å². The van der Waals surface area contributed by atoms with Crippen LogP contribution in [0.2, 0.25) is 0 Å². The highest BCUT2D eigenvalue weighted by Crippen LogP contribution is 2.22. The molecule has 0 bridgehead atoms. The van der Waals surface area contributed by atoms with Gasteiger partial charge < -0.3 is 9.72 Å². The Hall–Kier alpha value is -2.67. The van der Waals surface area contributed by atoms with Crippen LogP contribution >= 0.6 is 0 Å². The van der Waals surface area contributed by atoms with Crippen LogP contribution < -0.4 is 5.32 Å². The number of aromatic nitrogens is 2. The lowest BCUT2D eigenvalue weighted by Crippen LogP contribution is -2.11. The van der Waals surface area contributed by atoms with Crippen molar-refractivity contribution in [1.82, 2.24) is 9.97 Å². The molecule has 0 saturated heterocycles. The predicted molar refractivity (Wildman–Crippen MR) is 88.0 cm³/mol. The maximum absolute atomic E-state index is 12.6. The highest BCUT2D eigenvalue weighted by Gasteiger charge is 2.11. The lowest BCUT2D eigenvalue weighted by Gasteiger charge is -2.03. The van der Waals surface area contributed by atoms with E-state index in [1.54, 1.807) is 18.2 Å². The number of benzene rings is 2. The average molecular weight is 329 g/mol. The molecule has 1 aromatic heterocycles. The van der Waals surface area contributed by atoms with Crippen LogP contribution in [0.25, 0.3) is 11.0 Å². The van der Waals surface area contributed by atoms with Crippen LogP contribution in [0.5, 0.6) is 0 Å². The van der Waals surface area contributed by atoms with Crippen molar-refractivity contribution in [3.8, 4) is 0 Å². The van der Waals surface area contributed by atoms with Crippen LogP contribution in [0.3, 0.4) is 0 Å². The molecule has 0 saturated carbocycles. The second kappa shape index (κ2) is 6.21. The zero-order chi connectivity index (χ0) is 16.4. The number of nitrogens with zero attached hydrogens (tertiary/aromatic N) is 1. The third kappa shape index (κ3) is 3.24. The minimum absolute atomic E-state index is 0.283. The van der Waals surface area contributed by atoms with E-state index in [1.807, 2.05) is 31.2 Å². The van der Waals surface area contributed by atoms with Crippen molar-refractivity contribution in [2.24, 2.45) is 0 Å². The highest BCUT2D eigenvalue weighted by atomic mass is 32.2. The first-order valence-electron chi connectivity index (χ1n) is 6.90. The van der Waals surface area contributed by atoms with Crippen LogP contribution in [0.15, 0.2) is 52.3 Å². The highest BCUT2D eigenvalue weighted by molar-refractivity contribution is 7.85. The molecule has 118 valence electrons. The number of fused-ring (bicyclic) bond motifs is 1. The number of aryl methyl sites for hydroxylation is 1. The Balaban J connectivity index is 1.91. The molecule has 3 aromatic rings. The minimum atomic E-state index is -1.27. The monoisotopic (exact) mass is 329 g/mol. The molecular formula is C16H15N3O3S. The summed E-state index contributed by atoms with van der Waals surface area (Å²) in [5.74, 6) is 0.283. The van der Waals surface area contributed by atoms with E-state index in [9.17, 15) is 9.00 Å². The second-order valence-corrected chi connectivity index (χ2v) is 6.44. The molecule has 2 N–H and O–H groups in total. The number of carbonyl (C=O) groups is 1. The molecule has 1 heterocycles. The number of anilines is 1. The molecule has 0 fully saturated rings. The molecule has 7 heteroatoms. The fraction of sp³-hybridized carbons (Fsp3) is 0.125. The summed E-state index contributed by atoms with van der Waals surface area (Å²) in [6.45, 7) is 1.99. The van der Waals surface area contributed by atoms with Gasteiger partial charge in [0.25, 0.3) is 0 Å². The summed E-state index contributed by atoms with van der Waals surface area (Å²) in [5, 5.41) is 2.46. The van der Waals surface area contributed by atoms with Crippen molar-refractivity contribution in [3.63, 3.8) is 0 Å². The van der Waals surface area contributed by atoms with Crippen molar-refractivity contribution < 1.29 is 13.7 Å². The first-order valence-corrected chi connectivity index (χ1v) is 8.05. The average Bonchev–Trinajstić information content (AvgIpc) is 2.96. The van der Waals surface area contributed by atoms with Gasteiger partial charge in [-0.05, 0) is 37.3 Å². The molecule has 1 atom stereocenters. The molecule has 0 radical (unpaired) electrons. The lowest BCUT2D eigenvalue weighted by molar-refractivity contribution is 0.186. The van der Waals surface area contributed by atoms with Crippen molar-refractivity contribution in [3.05, 3.63) is 48.0 Å². The second-order valence-electron chi connectivity index (χ2n) is 4.96. The number of carbonyl (C=O) groups excluding carboxylic acids is 1. The van der Waals surface area contributed by atoms with E-state index < -0.39 is 16.9 Å². The van der Waals surface area contributed by atoms with Crippen LogP contribution in [0.1, 0.15) is 5.56 Å². The van der Waals surface area contributed by atoms with Crippen LogP contribution in [-0.4, -0.2) is 27.4 Å². The SMILES string of the molecule is COC(=O)Nc1nc2ccc(S(=O)c3ccc(C)cc3)cc2[nH]1.